The van der Waals surface area contributed by atoms with Gasteiger partial charge in [-0.05, 0) is 48.7 Å². The van der Waals surface area contributed by atoms with E-state index >= 15 is 0 Å². The zero-order chi connectivity index (χ0) is 23.2. The molecule has 0 saturated carbocycles. The Hall–Kier alpha value is -4.07. The summed E-state index contributed by atoms with van der Waals surface area (Å²) in [6.07, 6.45) is 5.42. The summed E-state index contributed by atoms with van der Waals surface area (Å²) >= 11 is 0. The number of amides is 1. The Morgan fingerprint density at radius 2 is 1.94 bits per heavy atom. The molecular weight excluding hydrogens is 422 g/mol. The van der Waals surface area contributed by atoms with E-state index in [0.29, 0.717) is 17.9 Å². The molecule has 1 N–H and O–H groups in total. The van der Waals surface area contributed by atoms with E-state index in [1.165, 1.54) is 6.07 Å². The third kappa shape index (κ3) is 5.41. The molecule has 0 bridgehead atoms. The Bertz CT molecular complexity index is 1280. The number of methoxy groups -OCH3 is 1. The zero-order valence-corrected chi connectivity index (χ0v) is 18.5. The van der Waals surface area contributed by atoms with E-state index in [1.807, 2.05) is 41.1 Å². The number of aryl methyl sites for hydroxylation is 1. The molecule has 1 atom stereocenters. The van der Waals surface area contributed by atoms with E-state index in [1.54, 1.807) is 38.7 Å². The van der Waals surface area contributed by atoms with Crippen molar-refractivity contribution in [3.05, 3.63) is 77.7 Å². The molecule has 0 aliphatic rings. The fraction of sp³-hybridized carbons (Fsp3) is 0.240. The number of fused-ring (bicyclic) bond motifs is 1. The first-order valence-electron chi connectivity index (χ1n) is 10.7. The number of hydrogen-bond donors (Lipinski definition) is 1. The average Bonchev–Trinajstić information content (AvgIpc) is 3.34. The molecule has 4 rings (SSSR count). The maximum Gasteiger partial charge on any atom is 0.336 e. The largest absolute Gasteiger partial charge is 0.497 e. The molecule has 33 heavy (non-hydrogen) atoms. The van der Waals surface area contributed by atoms with Crippen molar-refractivity contribution >= 4 is 16.9 Å². The lowest BCUT2D eigenvalue weighted by Gasteiger charge is -2.15. The van der Waals surface area contributed by atoms with E-state index in [0.717, 1.165) is 35.2 Å². The molecule has 8 nitrogen and oxygen atoms in total. The molecule has 0 spiro atoms. The highest BCUT2D eigenvalue weighted by Crippen LogP contribution is 2.31. The summed E-state index contributed by atoms with van der Waals surface area (Å²) in [5.74, 6) is 0.962. The molecule has 0 radical (unpaired) electrons. The molecule has 1 amide bonds. The topological polar surface area (TPSA) is 95.6 Å². The Morgan fingerprint density at radius 3 is 2.67 bits per heavy atom. The first-order valence-corrected chi connectivity index (χ1v) is 10.7. The van der Waals surface area contributed by atoms with Gasteiger partial charge in [-0.25, -0.2) is 9.78 Å². The van der Waals surface area contributed by atoms with Gasteiger partial charge in [0.25, 0.3) is 5.91 Å². The summed E-state index contributed by atoms with van der Waals surface area (Å²) in [4.78, 5) is 28.5. The van der Waals surface area contributed by atoms with Crippen molar-refractivity contribution in [3.63, 3.8) is 0 Å². The standard InChI is InChI=1S/C25H25N3O5/c1-17(25(30)27-10-3-12-28-13-11-26-16-28)32-20-8-9-21-22(15-24(29)33-23(21)14-20)18-4-6-19(31-2)7-5-18/h4-9,11,13-17H,3,10,12H2,1-2H3,(H,27,30)/t17-/m0/s1. The molecule has 0 unspecified atom stereocenters. The lowest BCUT2D eigenvalue weighted by molar-refractivity contribution is -0.127. The van der Waals surface area contributed by atoms with E-state index in [9.17, 15) is 9.59 Å². The van der Waals surface area contributed by atoms with E-state index < -0.39 is 11.7 Å². The van der Waals surface area contributed by atoms with Crippen LogP contribution in [0.2, 0.25) is 0 Å². The van der Waals surface area contributed by atoms with Crippen LogP contribution >= 0.6 is 0 Å². The Balaban J connectivity index is 1.43. The summed E-state index contributed by atoms with van der Waals surface area (Å²) < 4.78 is 18.4. The number of rotatable bonds is 9. The first-order chi connectivity index (χ1) is 16.0. The van der Waals surface area contributed by atoms with Crippen molar-refractivity contribution in [1.82, 2.24) is 14.9 Å². The average molecular weight is 447 g/mol. The molecule has 0 aliphatic carbocycles. The molecule has 2 aromatic heterocycles. The van der Waals surface area contributed by atoms with Gasteiger partial charge in [0.1, 0.15) is 17.1 Å². The van der Waals surface area contributed by atoms with Crippen LogP contribution in [0.15, 0.2) is 76.5 Å². The van der Waals surface area contributed by atoms with Crippen LogP contribution in [0, 0.1) is 0 Å². The molecular formula is C25H25N3O5. The number of carbonyl (C=O) groups excluding carboxylic acids is 1. The van der Waals surface area contributed by atoms with Crippen molar-refractivity contribution in [2.45, 2.75) is 26.0 Å². The van der Waals surface area contributed by atoms with Gasteiger partial charge in [0, 0.05) is 43.0 Å². The third-order valence-electron chi connectivity index (χ3n) is 5.25. The van der Waals surface area contributed by atoms with Gasteiger partial charge < -0.3 is 23.8 Å². The minimum atomic E-state index is -0.702. The van der Waals surface area contributed by atoms with Gasteiger partial charge in [0.2, 0.25) is 0 Å². The second-order valence-corrected chi connectivity index (χ2v) is 7.57. The van der Waals surface area contributed by atoms with Gasteiger partial charge in [-0.2, -0.15) is 0 Å². The van der Waals surface area contributed by atoms with Crippen LogP contribution in [0.1, 0.15) is 13.3 Å². The highest BCUT2D eigenvalue weighted by molar-refractivity contribution is 5.94. The van der Waals surface area contributed by atoms with Crippen LogP contribution in [0.3, 0.4) is 0 Å². The highest BCUT2D eigenvalue weighted by Gasteiger charge is 2.15. The minimum absolute atomic E-state index is 0.214. The normalized spacial score (nSPS) is 11.8. The molecule has 0 saturated heterocycles. The highest BCUT2D eigenvalue weighted by atomic mass is 16.5. The van der Waals surface area contributed by atoms with E-state index in [-0.39, 0.29) is 5.91 Å². The Morgan fingerprint density at radius 1 is 1.15 bits per heavy atom. The summed E-state index contributed by atoms with van der Waals surface area (Å²) in [6.45, 7) is 2.98. The third-order valence-corrected chi connectivity index (χ3v) is 5.25. The number of carbonyl (C=O) groups is 1. The van der Waals surface area contributed by atoms with E-state index in [2.05, 4.69) is 10.3 Å². The Kier molecular flexibility index (Phi) is 6.73. The van der Waals surface area contributed by atoms with Crippen molar-refractivity contribution in [1.29, 1.82) is 0 Å². The fourth-order valence-corrected chi connectivity index (χ4v) is 3.52. The number of nitrogens with zero attached hydrogens (tertiary/aromatic N) is 2. The van der Waals surface area contributed by atoms with Crippen LogP contribution in [0.4, 0.5) is 0 Å². The second kappa shape index (κ2) is 10.0. The molecule has 2 heterocycles. The number of ether oxygens (including phenoxy) is 2. The number of imidazole rings is 1. The number of aromatic nitrogens is 2. The van der Waals surface area contributed by atoms with Crippen molar-refractivity contribution in [2.24, 2.45) is 0 Å². The summed E-state index contributed by atoms with van der Waals surface area (Å²) in [6, 6.07) is 14.1. The molecule has 0 fully saturated rings. The molecule has 170 valence electrons. The fourth-order valence-electron chi connectivity index (χ4n) is 3.52. The number of hydrogen-bond acceptors (Lipinski definition) is 6. The number of nitrogens with one attached hydrogen (secondary N) is 1. The number of benzene rings is 2. The second-order valence-electron chi connectivity index (χ2n) is 7.57. The maximum absolute atomic E-state index is 12.4. The monoisotopic (exact) mass is 447 g/mol. The van der Waals surface area contributed by atoms with Crippen LogP contribution in [0.5, 0.6) is 11.5 Å². The van der Waals surface area contributed by atoms with Crippen LogP contribution < -0.4 is 20.4 Å². The van der Waals surface area contributed by atoms with Gasteiger partial charge in [-0.15, -0.1) is 0 Å². The van der Waals surface area contributed by atoms with Gasteiger partial charge in [-0.1, -0.05) is 12.1 Å². The summed E-state index contributed by atoms with van der Waals surface area (Å²) in [5.41, 5.74) is 1.54. The summed E-state index contributed by atoms with van der Waals surface area (Å²) in [5, 5.41) is 3.64. The smallest absolute Gasteiger partial charge is 0.336 e. The zero-order valence-electron chi connectivity index (χ0n) is 18.5. The van der Waals surface area contributed by atoms with E-state index in [4.69, 9.17) is 13.9 Å². The molecule has 8 heteroatoms. The predicted molar refractivity (Wildman–Crippen MR) is 124 cm³/mol. The predicted octanol–water partition coefficient (Wildman–Crippen LogP) is 3.64. The van der Waals surface area contributed by atoms with Gasteiger partial charge in [0.15, 0.2) is 6.10 Å². The van der Waals surface area contributed by atoms with Crippen molar-refractivity contribution in [2.75, 3.05) is 13.7 Å². The van der Waals surface area contributed by atoms with Gasteiger partial charge >= 0.3 is 5.63 Å². The molecule has 2 aromatic carbocycles. The lowest BCUT2D eigenvalue weighted by Crippen LogP contribution is -2.37. The quantitative estimate of drug-likeness (QED) is 0.311. The van der Waals surface area contributed by atoms with Crippen LogP contribution in [0.25, 0.3) is 22.1 Å². The minimum Gasteiger partial charge on any atom is -0.497 e. The van der Waals surface area contributed by atoms with Crippen LogP contribution in [-0.4, -0.2) is 35.2 Å². The van der Waals surface area contributed by atoms with Crippen molar-refractivity contribution in [3.8, 4) is 22.6 Å². The summed E-state index contributed by atoms with van der Waals surface area (Å²) in [7, 11) is 1.60. The SMILES string of the molecule is COc1ccc(-c2cc(=O)oc3cc(O[C@@H](C)C(=O)NCCCn4ccnc4)ccc23)cc1. The maximum atomic E-state index is 12.4. The van der Waals surface area contributed by atoms with Gasteiger partial charge in [-0.3, -0.25) is 4.79 Å². The molecule has 4 aromatic rings. The Labute approximate surface area is 190 Å². The molecule has 0 aliphatic heterocycles. The van der Waals surface area contributed by atoms with Gasteiger partial charge in [0.05, 0.1) is 13.4 Å². The van der Waals surface area contributed by atoms with Crippen LogP contribution in [-0.2, 0) is 11.3 Å². The first kappa shape index (κ1) is 22.1. The van der Waals surface area contributed by atoms with Crippen molar-refractivity contribution < 1.29 is 18.7 Å². The lowest BCUT2D eigenvalue weighted by atomic mass is 10.0.